The molecule has 0 aliphatic rings. The molecular formula is C9H13N5O5. The number of aryl methyl sites for hydroxylation is 1. The Bertz CT molecular complexity index is 485. The van der Waals surface area contributed by atoms with Crippen LogP contribution in [0.3, 0.4) is 0 Å². The molecule has 104 valence electrons. The number of carbonyl (C=O) groups excluding carboxylic acids is 2. The van der Waals surface area contributed by atoms with Crippen molar-refractivity contribution in [2.24, 2.45) is 5.73 Å². The molecule has 0 saturated heterocycles. The first kappa shape index (κ1) is 14.4. The van der Waals surface area contributed by atoms with Crippen LogP contribution in [-0.2, 0) is 16.1 Å². The van der Waals surface area contributed by atoms with E-state index in [0.717, 1.165) is 0 Å². The largest absolute Gasteiger partial charge is 0.480 e. The van der Waals surface area contributed by atoms with Gasteiger partial charge in [0.25, 0.3) is 0 Å². The van der Waals surface area contributed by atoms with Crippen LogP contribution in [0.25, 0.3) is 0 Å². The van der Waals surface area contributed by atoms with Gasteiger partial charge in [0, 0.05) is 0 Å². The summed E-state index contributed by atoms with van der Waals surface area (Å²) in [6.45, 7) is 1.55. The minimum atomic E-state index is -1.39. The monoisotopic (exact) mass is 271 g/mol. The number of amides is 3. The molecule has 10 heteroatoms. The molecule has 1 rings (SSSR count). The molecule has 0 radical (unpaired) electrons. The number of rotatable bonds is 6. The standard InChI is InChI=1S/C9H13N5O5/c1-4-12-7(19-14-4)3-11-9(18)13-5(8(16)17)2-6(10)15/h5H,2-3H2,1H3,(H2,10,15)(H,16,17)(H2,11,13,18)/t5-/m1/s1. The minimum Gasteiger partial charge on any atom is -0.480 e. The molecule has 0 bridgehead atoms. The van der Waals surface area contributed by atoms with Crippen LogP contribution in [0, 0.1) is 6.92 Å². The highest BCUT2D eigenvalue weighted by Gasteiger charge is 2.22. The first-order valence-electron chi connectivity index (χ1n) is 5.23. The fourth-order valence-electron chi connectivity index (χ4n) is 1.18. The summed E-state index contributed by atoms with van der Waals surface area (Å²) in [5.74, 6) is -1.61. The number of aliphatic carboxylic acids is 1. The maximum atomic E-state index is 11.4. The maximum absolute atomic E-state index is 11.4. The lowest BCUT2D eigenvalue weighted by atomic mass is 10.2. The topological polar surface area (TPSA) is 160 Å². The number of nitrogens with two attached hydrogens (primary N) is 1. The molecule has 0 unspecified atom stereocenters. The molecule has 0 saturated carbocycles. The van der Waals surface area contributed by atoms with E-state index in [1.807, 2.05) is 0 Å². The third-order valence-electron chi connectivity index (χ3n) is 1.98. The van der Waals surface area contributed by atoms with Gasteiger partial charge in [-0.05, 0) is 6.92 Å². The highest BCUT2D eigenvalue weighted by molar-refractivity contribution is 5.87. The number of aromatic nitrogens is 2. The molecule has 0 aromatic carbocycles. The Labute approximate surface area is 107 Å². The van der Waals surface area contributed by atoms with Gasteiger partial charge in [0.15, 0.2) is 5.82 Å². The lowest BCUT2D eigenvalue weighted by Crippen LogP contribution is -2.47. The predicted molar refractivity (Wildman–Crippen MR) is 59.6 cm³/mol. The summed E-state index contributed by atoms with van der Waals surface area (Å²) < 4.78 is 4.74. The van der Waals surface area contributed by atoms with Crippen molar-refractivity contribution in [1.29, 1.82) is 0 Å². The summed E-state index contributed by atoms with van der Waals surface area (Å²) in [6.07, 6.45) is -0.498. The number of nitrogens with one attached hydrogen (secondary N) is 2. The van der Waals surface area contributed by atoms with E-state index in [4.69, 9.17) is 15.4 Å². The van der Waals surface area contributed by atoms with E-state index < -0.39 is 30.4 Å². The van der Waals surface area contributed by atoms with Crippen molar-refractivity contribution in [3.8, 4) is 0 Å². The van der Waals surface area contributed by atoms with Gasteiger partial charge in [0.2, 0.25) is 11.8 Å². The highest BCUT2D eigenvalue weighted by Crippen LogP contribution is 1.95. The Kier molecular flexibility index (Phi) is 4.80. The van der Waals surface area contributed by atoms with Crippen LogP contribution >= 0.6 is 0 Å². The number of urea groups is 1. The Morgan fingerprint density at radius 2 is 2.16 bits per heavy atom. The lowest BCUT2D eigenvalue weighted by Gasteiger charge is -2.12. The molecule has 0 aliphatic carbocycles. The molecule has 5 N–H and O–H groups in total. The van der Waals surface area contributed by atoms with Gasteiger partial charge in [-0.1, -0.05) is 5.16 Å². The van der Waals surface area contributed by atoms with Crippen molar-refractivity contribution in [3.63, 3.8) is 0 Å². The van der Waals surface area contributed by atoms with E-state index in [9.17, 15) is 14.4 Å². The third kappa shape index (κ3) is 5.02. The zero-order chi connectivity index (χ0) is 14.4. The van der Waals surface area contributed by atoms with Crippen molar-refractivity contribution in [1.82, 2.24) is 20.8 Å². The SMILES string of the molecule is Cc1noc(CNC(=O)N[C@H](CC(N)=O)C(=O)O)n1. The average Bonchev–Trinajstić information content (AvgIpc) is 2.71. The maximum Gasteiger partial charge on any atom is 0.326 e. The Morgan fingerprint density at radius 3 is 2.63 bits per heavy atom. The molecule has 1 aromatic heterocycles. The predicted octanol–water partition coefficient (Wildman–Crippen LogP) is -1.49. The molecule has 1 atom stereocenters. The third-order valence-corrected chi connectivity index (χ3v) is 1.98. The lowest BCUT2D eigenvalue weighted by molar-refractivity contribution is -0.140. The Morgan fingerprint density at radius 1 is 1.47 bits per heavy atom. The second-order valence-corrected chi connectivity index (χ2v) is 3.62. The summed E-state index contributed by atoms with van der Waals surface area (Å²) in [4.78, 5) is 36.6. The number of carbonyl (C=O) groups is 3. The number of hydrogen-bond donors (Lipinski definition) is 4. The highest BCUT2D eigenvalue weighted by atomic mass is 16.5. The van der Waals surface area contributed by atoms with E-state index in [1.165, 1.54) is 0 Å². The second-order valence-electron chi connectivity index (χ2n) is 3.62. The molecule has 10 nitrogen and oxygen atoms in total. The van der Waals surface area contributed by atoms with Gasteiger partial charge in [-0.25, -0.2) is 9.59 Å². The van der Waals surface area contributed by atoms with Gasteiger partial charge in [0.1, 0.15) is 6.04 Å². The molecular weight excluding hydrogens is 258 g/mol. The quantitative estimate of drug-likeness (QED) is 0.489. The molecule has 0 fully saturated rings. The first-order valence-corrected chi connectivity index (χ1v) is 5.23. The number of carboxylic acid groups (broad SMARTS) is 1. The van der Waals surface area contributed by atoms with Crippen molar-refractivity contribution in [2.75, 3.05) is 0 Å². The molecule has 0 spiro atoms. The molecule has 0 aliphatic heterocycles. The van der Waals surface area contributed by atoms with Crippen LogP contribution in [0.2, 0.25) is 0 Å². The summed E-state index contributed by atoms with van der Waals surface area (Å²) >= 11 is 0. The molecule has 1 aromatic rings. The van der Waals surface area contributed by atoms with Crippen molar-refractivity contribution in [3.05, 3.63) is 11.7 Å². The van der Waals surface area contributed by atoms with E-state index in [1.54, 1.807) is 6.92 Å². The summed E-state index contributed by atoms with van der Waals surface area (Å²) in [6, 6.07) is -2.17. The number of hydrogen-bond acceptors (Lipinski definition) is 6. The minimum absolute atomic E-state index is 0.0599. The number of primary amides is 1. The van der Waals surface area contributed by atoms with Crippen LogP contribution in [0.4, 0.5) is 4.79 Å². The van der Waals surface area contributed by atoms with Gasteiger partial charge >= 0.3 is 12.0 Å². The zero-order valence-corrected chi connectivity index (χ0v) is 10.0. The Hall–Kier alpha value is -2.65. The number of nitrogens with zero attached hydrogens (tertiary/aromatic N) is 2. The molecule has 1 heterocycles. The fraction of sp³-hybridized carbons (Fsp3) is 0.444. The van der Waals surface area contributed by atoms with E-state index >= 15 is 0 Å². The number of carboxylic acids is 1. The first-order chi connectivity index (χ1) is 8.88. The smallest absolute Gasteiger partial charge is 0.326 e. The zero-order valence-electron chi connectivity index (χ0n) is 10.0. The van der Waals surface area contributed by atoms with Gasteiger partial charge in [-0.15, -0.1) is 0 Å². The fourth-order valence-corrected chi connectivity index (χ4v) is 1.18. The molecule has 19 heavy (non-hydrogen) atoms. The van der Waals surface area contributed by atoms with Gasteiger partial charge in [0.05, 0.1) is 13.0 Å². The van der Waals surface area contributed by atoms with Gasteiger partial charge in [-0.2, -0.15) is 4.98 Å². The van der Waals surface area contributed by atoms with Crippen LogP contribution < -0.4 is 16.4 Å². The summed E-state index contributed by atoms with van der Waals surface area (Å²) in [5, 5.41) is 16.7. The van der Waals surface area contributed by atoms with Crippen LogP contribution in [0.15, 0.2) is 4.52 Å². The van der Waals surface area contributed by atoms with E-state index in [-0.39, 0.29) is 12.4 Å². The van der Waals surface area contributed by atoms with Crippen molar-refractivity contribution >= 4 is 17.9 Å². The molecule has 3 amide bonds. The van der Waals surface area contributed by atoms with Crippen LogP contribution in [0.5, 0.6) is 0 Å². The second kappa shape index (κ2) is 6.33. The van der Waals surface area contributed by atoms with Crippen LogP contribution in [0.1, 0.15) is 18.1 Å². The van der Waals surface area contributed by atoms with Crippen LogP contribution in [-0.4, -0.2) is 39.2 Å². The Balaban J connectivity index is 2.44. The summed E-state index contributed by atoms with van der Waals surface area (Å²) in [7, 11) is 0. The van der Waals surface area contributed by atoms with E-state index in [0.29, 0.717) is 5.82 Å². The average molecular weight is 271 g/mol. The normalized spacial score (nSPS) is 11.6. The van der Waals surface area contributed by atoms with Crippen molar-refractivity contribution < 1.29 is 24.0 Å². The van der Waals surface area contributed by atoms with E-state index in [2.05, 4.69) is 20.8 Å². The van der Waals surface area contributed by atoms with Gasteiger partial charge in [-0.3, -0.25) is 4.79 Å². The van der Waals surface area contributed by atoms with Gasteiger partial charge < -0.3 is 26.0 Å². The van der Waals surface area contributed by atoms with Crippen molar-refractivity contribution in [2.45, 2.75) is 25.9 Å². The summed E-state index contributed by atoms with van der Waals surface area (Å²) in [5.41, 5.74) is 4.87.